The molecule has 0 radical (unpaired) electrons. The second-order valence-corrected chi connectivity index (χ2v) is 5.01. The normalized spacial score (nSPS) is 11.0. The van der Waals surface area contributed by atoms with E-state index in [0.29, 0.717) is 11.5 Å². The van der Waals surface area contributed by atoms with Crippen molar-refractivity contribution in [1.29, 1.82) is 0 Å². The lowest BCUT2D eigenvalue weighted by atomic mass is 9.96. The van der Waals surface area contributed by atoms with Gasteiger partial charge in [0.05, 0.1) is 21.3 Å². The summed E-state index contributed by atoms with van der Waals surface area (Å²) in [6, 6.07) is 13.4. The molecule has 0 bridgehead atoms. The molecule has 0 saturated carbocycles. The van der Waals surface area contributed by atoms with Crippen molar-refractivity contribution in [2.45, 2.75) is 6.92 Å². The topological polar surface area (TPSA) is 44.8 Å². The van der Waals surface area contributed by atoms with Crippen LogP contribution in [0.15, 0.2) is 48.5 Å². The summed E-state index contributed by atoms with van der Waals surface area (Å²) in [4.78, 5) is 11.8. The van der Waals surface area contributed by atoms with Gasteiger partial charge in [-0.2, -0.15) is 0 Å². The fourth-order valence-electron chi connectivity index (χ4n) is 2.25. The van der Waals surface area contributed by atoms with Crippen molar-refractivity contribution in [2.75, 3.05) is 21.3 Å². The number of aryl methyl sites for hydroxylation is 1. The van der Waals surface area contributed by atoms with Gasteiger partial charge in [0.25, 0.3) is 0 Å². The Morgan fingerprint density at radius 1 is 0.957 bits per heavy atom. The summed E-state index contributed by atoms with van der Waals surface area (Å²) in [5.74, 6) is 0.894. The number of hydrogen-bond acceptors (Lipinski definition) is 4. The minimum absolute atomic E-state index is 0.418. The molecule has 0 atom stereocenters. The van der Waals surface area contributed by atoms with Crippen molar-refractivity contribution in [3.8, 4) is 11.5 Å². The fourth-order valence-corrected chi connectivity index (χ4v) is 2.25. The fraction of sp³-hybridized carbons (Fsp3) is 0.211. The van der Waals surface area contributed by atoms with Gasteiger partial charge >= 0.3 is 5.97 Å². The standard InChI is InChI=1S/C19H20O4/c1-13-5-7-14(8-6-13)17(12-19(20)23-4)16-10-9-15(21-2)11-18(16)22-3/h5-12H,1-4H3/b17-12+. The van der Waals surface area contributed by atoms with Crippen molar-refractivity contribution in [2.24, 2.45) is 0 Å². The van der Waals surface area contributed by atoms with Crippen molar-refractivity contribution in [3.05, 3.63) is 65.2 Å². The highest BCUT2D eigenvalue weighted by molar-refractivity contribution is 5.97. The monoisotopic (exact) mass is 312 g/mol. The zero-order valence-electron chi connectivity index (χ0n) is 13.8. The Balaban J connectivity index is 2.60. The van der Waals surface area contributed by atoms with Crippen LogP contribution < -0.4 is 9.47 Å². The third kappa shape index (κ3) is 3.92. The van der Waals surface area contributed by atoms with Crippen LogP contribution >= 0.6 is 0 Å². The first kappa shape index (κ1) is 16.6. The molecule has 23 heavy (non-hydrogen) atoms. The Morgan fingerprint density at radius 3 is 2.22 bits per heavy atom. The quantitative estimate of drug-likeness (QED) is 0.625. The number of benzene rings is 2. The minimum Gasteiger partial charge on any atom is -0.497 e. The number of rotatable bonds is 5. The third-order valence-corrected chi connectivity index (χ3v) is 3.52. The lowest BCUT2D eigenvalue weighted by Gasteiger charge is -2.14. The predicted octanol–water partition coefficient (Wildman–Crippen LogP) is 3.62. The molecule has 0 aliphatic rings. The van der Waals surface area contributed by atoms with E-state index in [0.717, 1.165) is 22.3 Å². The highest BCUT2D eigenvalue weighted by atomic mass is 16.5. The third-order valence-electron chi connectivity index (χ3n) is 3.52. The van der Waals surface area contributed by atoms with Crippen LogP contribution in [-0.4, -0.2) is 27.3 Å². The predicted molar refractivity (Wildman–Crippen MR) is 89.8 cm³/mol. The van der Waals surface area contributed by atoms with Crippen LogP contribution in [0.5, 0.6) is 11.5 Å². The van der Waals surface area contributed by atoms with Crippen LogP contribution in [0, 0.1) is 6.92 Å². The summed E-state index contributed by atoms with van der Waals surface area (Å²) in [5, 5.41) is 0. The molecule has 2 rings (SSSR count). The molecule has 0 unspecified atom stereocenters. The lowest BCUT2D eigenvalue weighted by molar-refractivity contribution is -0.134. The summed E-state index contributed by atoms with van der Waals surface area (Å²) in [6.45, 7) is 2.02. The van der Waals surface area contributed by atoms with E-state index in [-0.39, 0.29) is 0 Å². The Bertz CT molecular complexity index is 715. The molecule has 120 valence electrons. The molecule has 4 heteroatoms. The number of ether oxygens (including phenoxy) is 3. The first-order valence-corrected chi connectivity index (χ1v) is 7.18. The largest absolute Gasteiger partial charge is 0.497 e. The average molecular weight is 312 g/mol. The molecule has 0 heterocycles. The highest BCUT2D eigenvalue weighted by Crippen LogP contribution is 2.34. The molecule has 0 spiro atoms. The average Bonchev–Trinajstić information content (AvgIpc) is 2.59. The van der Waals surface area contributed by atoms with Crippen LogP contribution in [0.3, 0.4) is 0 Å². The van der Waals surface area contributed by atoms with Crippen molar-refractivity contribution in [1.82, 2.24) is 0 Å². The van der Waals surface area contributed by atoms with Gasteiger partial charge in [-0.05, 0) is 30.2 Å². The maximum Gasteiger partial charge on any atom is 0.331 e. The van der Waals surface area contributed by atoms with Gasteiger partial charge < -0.3 is 14.2 Å². The maximum atomic E-state index is 11.8. The lowest BCUT2D eigenvalue weighted by Crippen LogP contribution is -2.00. The Labute approximate surface area is 136 Å². The summed E-state index contributed by atoms with van der Waals surface area (Å²) in [5.41, 5.74) is 3.58. The summed E-state index contributed by atoms with van der Waals surface area (Å²) in [7, 11) is 4.54. The molecular formula is C19H20O4. The molecule has 2 aromatic rings. The smallest absolute Gasteiger partial charge is 0.331 e. The molecular weight excluding hydrogens is 292 g/mol. The van der Waals surface area contributed by atoms with Gasteiger partial charge in [-0.25, -0.2) is 4.79 Å². The summed E-state index contributed by atoms with van der Waals surface area (Å²) < 4.78 is 15.5. The molecule has 2 aromatic carbocycles. The molecule has 0 fully saturated rings. The minimum atomic E-state index is -0.418. The van der Waals surface area contributed by atoms with E-state index in [9.17, 15) is 4.79 Å². The van der Waals surface area contributed by atoms with Crippen LogP contribution in [0.25, 0.3) is 5.57 Å². The van der Waals surface area contributed by atoms with E-state index >= 15 is 0 Å². The van der Waals surface area contributed by atoms with Crippen LogP contribution in [0.2, 0.25) is 0 Å². The van der Waals surface area contributed by atoms with Gasteiger partial charge in [0.15, 0.2) is 0 Å². The Hall–Kier alpha value is -2.75. The van der Waals surface area contributed by atoms with E-state index in [1.54, 1.807) is 20.3 Å². The Kier molecular flexibility index (Phi) is 5.41. The molecule has 4 nitrogen and oxygen atoms in total. The van der Waals surface area contributed by atoms with Crippen molar-refractivity contribution < 1.29 is 19.0 Å². The first-order valence-electron chi connectivity index (χ1n) is 7.18. The van der Waals surface area contributed by atoms with Gasteiger partial charge in [0.2, 0.25) is 0 Å². The van der Waals surface area contributed by atoms with Crippen molar-refractivity contribution >= 4 is 11.5 Å². The van der Waals surface area contributed by atoms with Gasteiger partial charge in [0.1, 0.15) is 11.5 Å². The molecule has 0 aliphatic heterocycles. The van der Waals surface area contributed by atoms with Crippen LogP contribution in [-0.2, 0) is 9.53 Å². The van der Waals surface area contributed by atoms with Crippen LogP contribution in [0.1, 0.15) is 16.7 Å². The van der Waals surface area contributed by atoms with E-state index in [4.69, 9.17) is 14.2 Å². The number of carbonyl (C=O) groups is 1. The zero-order valence-corrected chi connectivity index (χ0v) is 13.8. The molecule has 0 aliphatic carbocycles. The number of carbonyl (C=O) groups excluding carboxylic acids is 1. The van der Waals surface area contributed by atoms with E-state index in [1.165, 1.54) is 13.2 Å². The van der Waals surface area contributed by atoms with Gasteiger partial charge in [-0.15, -0.1) is 0 Å². The second kappa shape index (κ2) is 7.49. The van der Waals surface area contributed by atoms with Crippen molar-refractivity contribution in [3.63, 3.8) is 0 Å². The van der Waals surface area contributed by atoms with Gasteiger partial charge in [-0.1, -0.05) is 29.8 Å². The number of hydrogen-bond donors (Lipinski definition) is 0. The van der Waals surface area contributed by atoms with Crippen LogP contribution in [0.4, 0.5) is 0 Å². The Morgan fingerprint density at radius 2 is 1.65 bits per heavy atom. The SMILES string of the molecule is COC(=O)/C=C(\c1ccc(C)cc1)c1ccc(OC)cc1OC. The molecule has 0 N–H and O–H groups in total. The van der Waals surface area contributed by atoms with E-state index < -0.39 is 5.97 Å². The molecule has 0 saturated heterocycles. The number of esters is 1. The zero-order chi connectivity index (χ0) is 16.8. The van der Waals surface area contributed by atoms with Gasteiger partial charge in [0, 0.05) is 17.7 Å². The maximum absolute atomic E-state index is 11.8. The first-order chi connectivity index (χ1) is 11.1. The summed E-state index contributed by atoms with van der Waals surface area (Å²) >= 11 is 0. The van der Waals surface area contributed by atoms with E-state index in [1.807, 2.05) is 43.3 Å². The molecule has 0 aromatic heterocycles. The second-order valence-electron chi connectivity index (χ2n) is 5.01. The number of methoxy groups -OCH3 is 3. The highest BCUT2D eigenvalue weighted by Gasteiger charge is 2.14. The summed E-state index contributed by atoms with van der Waals surface area (Å²) in [6.07, 6.45) is 1.47. The molecule has 0 amide bonds. The van der Waals surface area contributed by atoms with E-state index in [2.05, 4.69) is 0 Å². The van der Waals surface area contributed by atoms with Gasteiger partial charge in [-0.3, -0.25) is 0 Å².